The van der Waals surface area contributed by atoms with Crippen LogP contribution < -0.4 is 0 Å². The van der Waals surface area contributed by atoms with Gasteiger partial charge in [-0.3, -0.25) is 0 Å². The van der Waals surface area contributed by atoms with Gasteiger partial charge >= 0.3 is 0 Å². The minimum Gasteiger partial charge on any atom is -0.175 e. The van der Waals surface area contributed by atoms with Crippen LogP contribution in [0.4, 0.5) is 0 Å². The Hall–Kier alpha value is -0.430. The van der Waals surface area contributed by atoms with E-state index in [0.717, 1.165) is 12.2 Å². The average molecular weight is 182 g/mol. The van der Waals surface area contributed by atoms with Crippen LogP contribution in [0, 0.1) is 0 Å². The van der Waals surface area contributed by atoms with Crippen LogP contribution in [0.1, 0.15) is 31.9 Å². The SMILES string of the molecule is CC.CCc1ccccc1CS. The lowest BCUT2D eigenvalue weighted by Gasteiger charge is -2.02. The highest BCUT2D eigenvalue weighted by Crippen LogP contribution is 2.10. The Bertz CT molecular complexity index is 183. The summed E-state index contributed by atoms with van der Waals surface area (Å²) in [5.74, 6) is 0.851. The smallest absolute Gasteiger partial charge is 0.0156 e. The molecule has 0 spiro atoms. The summed E-state index contributed by atoms with van der Waals surface area (Å²) in [5.41, 5.74) is 2.77. The molecule has 0 heterocycles. The summed E-state index contributed by atoms with van der Waals surface area (Å²) in [4.78, 5) is 0. The van der Waals surface area contributed by atoms with Gasteiger partial charge in [0.2, 0.25) is 0 Å². The Labute approximate surface area is 81.4 Å². The second-order valence-electron chi connectivity index (χ2n) is 2.28. The maximum atomic E-state index is 4.23. The largest absolute Gasteiger partial charge is 0.175 e. The Balaban J connectivity index is 0.000000561. The van der Waals surface area contributed by atoms with Crippen molar-refractivity contribution in [1.82, 2.24) is 0 Å². The van der Waals surface area contributed by atoms with Crippen molar-refractivity contribution in [2.45, 2.75) is 32.9 Å². The van der Waals surface area contributed by atoms with E-state index in [0.29, 0.717) is 0 Å². The first kappa shape index (κ1) is 11.6. The summed E-state index contributed by atoms with van der Waals surface area (Å²) in [5, 5.41) is 0. The van der Waals surface area contributed by atoms with Crippen LogP contribution in [-0.4, -0.2) is 0 Å². The molecule has 0 aliphatic rings. The number of benzene rings is 1. The summed E-state index contributed by atoms with van der Waals surface area (Å²) < 4.78 is 0. The zero-order valence-corrected chi connectivity index (χ0v) is 9.07. The molecule has 1 heteroatoms. The second kappa shape index (κ2) is 7.23. The molecule has 0 N–H and O–H groups in total. The zero-order chi connectivity index (χ0) is 9.40. The van der Waals surface area contributed by atoms with Crippen molar-refractivity contribution < 1.29 is 0 Å². The van der Waals surface area contributed by atoms with Gasteiger partial charge in [-0.2, -0.15) is 12.6 Å². The summed E-state index contributed by atoms with van der Waals surface area (Å²) in [6, 6.07) is 8.42. The fraction of sp³-hybridized carbons (Fsp3) is 0.455. The first-order chi connectivity index (χ1) is 5.88. The lowest BCUT2D eigenvalue weighted by Crippen LogP contribution is -1.86. The number of rotatable bonds is 2. The van der Waals surface area contributed by atoms with Crippen molar-refractivity contribution in [1.29, 1.82) is 0 Å². The monoisotopic (exact) mass is 182 g/mol. The molecular weight excluding hydrogens is 164 g/mol. The normalized spacial score (nSPS) is 8.67. The highest BCUT2D eigenvalue weighted by Gasteiger charge is 1.94. The first-order valence-corrected chi connectivity index (χ1v) is 5.19. The van der Waals surface area contributed by atoms with E-state index in [1.54, 1.807) is 0 Å². The minimum atomic E-state index is 0.851. The van der Waals surface area contributed by atoms with Crippen LogP contribution in [0.3, 0.4) is 0 Å². The predicted octanol–water partition coefficient (Wildman–Crippen LogP) is 3.71. The molecule has 12 heavy (non-hydrogen) atoms. The van der Waals surface area contributed by atoms with E-state index in [1.165, 1.54) is 11.1 Å². The standard InChI is InChI=1S/C9H12S.C2H6/c1-2-8-5-3-4-6-9(8)7-10;1-2/h3-6,10H,2,7H2,1H3;1-2H3. The zero-order valence-electron chi connectivity index (χ0n) is 8.17. The maximum absolute atomic E-state index is 4.23. The van der Waals surface area contributed by atoms with Crippen LogP contribution >= 0.6 is 12.6 Å². The molecule has 1 aromatic rings. The molecular formula is C11H18S. The molecule has 0 fully saturated rings. The van der Waals surface area contributed by atoms with E-state index in [1.807, 2.05) is 13.8 Å². The van der Waals surface area contributed by atoms with Gasteiger partial charge in [-0.05, 0) is 17.5 Å². The van der Waals surface area contributed by atoms with Crippen LogP contribution in [0.2, 0.25) is 0 Å². The van der Waals surface area contributed by atoms with Crippen molar-refractivity contribution >= 4 is 12.6 Å². The van der Waals surface area contributed by atoms with E-state index in [2.05, 4.69) is 43.8 Å². The van der Waals surface area contributed by atoms with Gasteiger partial charge in [-0.15, -0.1) is 0 Å². The number of thiol groups is 1. The minimum absolute atomic E-state index is 0.851. The molecule has 1 rings (SSSR count). The molecule has 0 aliphatic heterocycles. The quantitative estimate of drug-likeness (QED) is 0.662. The summed E-state index contributed by atoms with van der Waals surface area (Å²) >= 11 is 4.23. The summed E-state index contributed by atoms with van der Waals surface area (Å²) in [6.45, 7) is 6.17. The van der Waals surface area contributed by atoms with E-state index < -0.39 is 0 Å². The Morgan fingerprint density at radius 2 is 1.58 bits per heavy atom. The summed E-state index contributed by atoms with van der Waals surface area (Å²) in [6.07, 6.45) is 1.11. The predicted molar refractivity (Wildman–Crippen MR) is 59.9 cm³/mol. The molecule has 0 atom stereocenters. The van der Waals surface area contributed by atoms with E-state index >= 15 is 0 Å². The van der Waals surface area contributed by atoms with Gasteiger partial charge in [0.25, 0.3) is 0 Å². The van der Waals surface area contributed by atoms with E-state index in [-0.39, 0.29) is 0 Å². The Morgan fingerprint density at radius 1 is 1.08 bits per heavy atom. The third-order valence-electron chi connectivity index (χ3n) is 1.67. The highest BCUT2D eigenvalue weighted by atomic mass is 32.1. The van der Waals surface area contributed by atoms with Crippen molar-refractivity contribution in [3.05, 3.63) is 35.4 Å². The molecule has 0 unspecified atom stereocenters. The van der Waals surface area contributed by atoms with Crippen molar-refractivity contribution in [2.24, 2.45) is 0 Å². The van der Waals surface area contributed by atoms with Crippen LogP contribution in [0.15, 0.2) is 24.3 Å². The highest BCUT2D eigenvalue weighted by molar-refractivity contribution is 7.79. The van der Waals surface area contributed by atoms with Crippen molar-refractivity contribution in [2.75, 3.05) is 0 Å². The molecule has 0 aliphatic carbocycles. The first-order valence-electron chi connectivity index (χ1n) is 4.56. The number of hydrogen-bond acceptors (Lipinski definition) is 1. The third-order valence-corrected chi connectivity index (χ3v) is 2.01. The molecule has 0 saturated carbocycles. The summed E-state index contributed by atoms with van der Waals surface area (Å²) in [7, 11) is 0. The lowest BCUT2D eigenvalue weighted by molar-refractivity contribution is 1.10. The van der Waals surface area contributed by atoms with Gasteiger partial charge in [0.1, 0.15) is 0 Å². The maximum Gasteiger partial charge on any atom is 0.0156 e. The molecule has 1 aromatic carbocycles. The number of aryl methyl sites for hydroxylation is 1. The fourth-order valence-electron chi connectivity index (χ4n) is 1.06. The Morgan fingerprint density at radius 3 is 1.92 bits per heavy atom. The topological polar surface area (TPSA) is 0 Å². The molecule has 0 radical (unpaired) electrons. The van der Waals surface area contributed by atoms with Crippen molar-refractivity contribution in [3.8, 4) is 0 Å². The van der Waals surface area contributed by atoms with Gasteiger partial charge in [0, 0.05) is 5.75 Å². The van der Waals surface area contributed by atoms with Gasteiger partial charge in [-0.25, -0.2) is 0 Å². The van der Waals surface area contributed by atoms with E-state index in [9.17, 15) is 0 Å². The molecule has 68 valence electrons. The molecule has 0 saturated heterocycles. The molecule has 0 nitrogen and oxygen atoms in total. The van der Waals surface area contributed by atoms with Gasteiger partial charge in [0.05, 0.1) is 0 Å². The molecule has 0 amide bonds. The van der Waals surface area contributed by atoms with Gasteiger partial charge in [-0.1, -0.05) is 45.0 Å². The third kappa shape index (κ3) is 3.31. The van der Waals surface area contributed by atoms with Crippen molar-refractivity contribution in [3.63, 3.8) is 0 Å². The molecule has 0 bridgehead atoms. The number of hydrogen-bond donors (Lipinski definition) is 1. The molecule has 0 aromatic heterocycles. The van der Waals surface area contributed by atoms with Crippen LogP contribution in [0.5, 0.6) is 0 Å². The second-order valence-corrected chi connectivity index (χ2v) is 2.60. The lowest BCUT2D eigenvalue weighted by atomic mass is 10.1. The van der Waals surface area contributed by atoms with E-state index in [4.69, 9.17) is 0 Å². The van der Waals surface area contributed by atoms with Gasteiger partial charge in [0.15, 0.2) is 0 Å². The van der Waals surface area contributed by atoms with Crippen LogP contribution in [0.25, 0.3) is 0 Å². The fourth-order valence-corrected chi connectivity index (χ4v) is 1.37. The Kier molecular flexibility index (Phi) is 6.97. The van der Waals surface area contributed by atoms with Gasteiger partial charge < -0.3 is 0 Å². The van der Waals surface area contributed by atoms with Crippen LogP contribution in [-0.2, 0) is 12.2 Å². The average Bonchev–Trinajstić information content (AvgIpc) is 2.20.